The van der Waals surface area contributed by atoms with E-state index in [1.165, 1.54) is 0 Å². The van der Waals surface area contributed by atoms with Gasteiger partial charge >= 0.3 is 5.51 Å². The van der Waals surface area contributed by atoms with Crippen molar-refractivity contribution in [3.8, 4) is 0 Å². The molecule has 1 N–H and O–H groups in total. The third-order valence-corrected chi connectivity index (χ3v) is 0.893. The molecule has 0 heterocycles. The molecule has 0 spiro atoms. The van der Waals surface area contributed by atoms with E-state index in [4.69, 9.17) is 8.99 Å². The minimum Gasteiger partial charge on any atom is -0.219 e. The fraction of sp³-hybridized carbons (Fsp3) is 1.00. The zero-order valence-corrected chi connectivity index (χ0v) is 4.14. The van der Waals surface area contributed by atoms with Gasteiger partial charge in [0, 0.05) is 0 Å². The van der Waals surface area contributed by atoms with Gasteiger partial charge in [0.1, 0.15) is 0 Å². The van der Waals surface area contributed by atoms with Crippen LogP contribution < -0.4 is 0 Å². The van der Waals surface area contributed by atoms with Crippen molar-refractivity contribution in [2.45, 2.75) is 5.51 Å². The van der Waals surface area contributed by atoms with Gasteiger partial charge in [0.05, 0.1) is 0 Å². The molecule has 0 fully saturated rings. The molecule has 1 atom stereocenters. The van der Waals surface area contributed by atoms with Gasteiger partial charge < -0.3 is 0 Å². The van der Waals surface area contributed by atoms with Gasteiger partial charge in [-0.3, -0.25) is 0 Å². The fourth-order valence-electron chi connectivity index (χ4n) is 0. The maximum Gasteiger partial charge on any atom is 0.507 e. The van der Waals surface area contributed by atoms with Gasteiger partial charge in [0.2, 0.25) is 0 Å². The topological polar surface area (TPSA) is 40.9 Å². The van der Waals surface area contributed by atoms with Crippen molar-refractivity contribution in [1.82, 2.24) is 0 Å². The summed E-state index contributed by atoms with van der Waals surface area (Å²) in [5, 5.41) is 0. The summed E-state index contributed by atoms with van der Waals surface area (Å²) in [6.45, 7) is 0. The molecule has 7 heteroatoms. The van der Waals surface area contributed by atoms with Gasteiger partial charge in [0.15, 0.2) is 0 Å². The van der Waals surface area contributed by atoms with E-state index in [0.29, 0.717) is 0 Å². The lowest BCUT2D eigenvalue weighted by atomic mass is 11.6. The van der Waals surface area contributed by atoms with E-state index in [0.717, 1.165) is 0 Å². The molecule has 50 valence electrons. The van der Waals surface area contributed by atoms with Gasteiger partial charge in [-0.1, -0.05) is 0 Å². The van der Waals surface area contributed by atoms with Crippen molar-refractivity contribution in [2.24, 2.45) is 0 Å². The van der Waals surface area contributed by atoms with Crippen molar-refractivity contribution >= 4 is 10.1 Å². The molecule has 2 nitrogen and oxygen atoms in total. The normalized spacial score (nSPS) is 20.0. The molecule has 0 bridgehead atoms. The third-order valence-electron chi connectivity index (χ3n) is 0.298. The molecule has 0 amide bonds. The Kier molecular flexibility index (Phi) is 1.51. The number of alkyl halides is 3. The summed E-state index contributed by atoms with van der Waals surface area (Å²) >= 11 is 0. The predicted molar refractivity (Wildman–Crippen MR) is 18.0 cm³/mol. The highest BCUT2D eigenvalue weighted by Gasteiger charge is 2.42. The number of rotatable bonds is 0. The van der Waals surface area contributed by atoms with Crippen LogP contribution in [0.5, 0.6) is 0 Å². The van der Waals surface area contributed by atoms with Crippen LogP contribution in [0.2, 0.25) is 0 Å². The van der Waals surface area contributed by atoms with Gasteiger partial charge in [-0.15, -0.1) is 3.89 Å². The van der Waals surface area contributed by atoms with E-state index >= 15 is 0 Å². The zero-order valence-electron chi connectivity index (χ0n) is 3.33. The number of hydrogen-bond acceptors (Lipinski definition) is 2. The first kappa shape index (κ1) is 7.67. The lowest BCUT2D eigenvalue weighted by Gasteiger charge is -1.98. The van der Waals surface area contributed by atoms with E-state index in [1.54, 1.807) is 0 Å². The quantitative estimate of drug-likeness (QED) is 0.413. The summed E-state index contributed by atoms with van der Waals surface area (Å²) in [5.74, 6) is 0. The molecule has 0 saturated heterocycles. The standard InChI is InChI=1S/CHF4NOS/c2-1(3,4)8(5,6)7/h6H. The summed E-state index contributed by atoms with van der Waals surface area (Å²) in [6, 6.07) is 0. The molecule has 0 aliphatic carbocycles. The van der Waals surface area contributed by atoms with E-state index in [9.17, 15) is 17.1 Å². The van der Waals surface area contributed by atoms with Crippen molar-refractivity contribution in [3.05, 3.63) is 0 Å². The Hall–Kier alpha value is -0.330. The minimum absolute atomic E-state index is 5.32. The molecule has 0 aromatic heterocycles. The second kappa shape index (κ2) is 1.57. The van der Waals surface area contributed by atoms with Crippen molar-refractivity contribution in [1.29, 1.82) is 4.78 Å². The van der Waals surface area contributed by atoms with Crippen LogP contribution in [0, 0.1) is 4.78 Å². The molecule has 0 rings (SSSR count). The second-order valence-electron chi connectivity index (χ2n) is 0.932. The molecular weight excluding hydrogens is 150 g/mol. The first-order valence-corrected chi connectivity index (χ1v) is 2.75. The van der Waals surface area contributed by atoms with Crippen LogP contribution >= 0.6 is 0 Å². The minimum atomic E-state index is -5.84. The predicted octanol–water partition coefficient (Wildman–Crippen LogP) is 1.44. The Bertz CT molecular complexity index is 165. The van der Waals surface area contributed by atoms with Crippen molar-refractivity contribution in [2.75, 3.05) is 0 Å². The van der Waals surface area contributed by atoms with E-state index in [-0.39, 0.29) is 0 Å². The van der Waals surface area contributed by atoms with Crippen LogP contribution in [0.4, 0.5) is 17.1 Å². The van der Waals surface area contributed by atoms with E-state index in [1.807, 2.05) is 0 Å². The van der Waals surface area contributed by atoms with Crippen LogP contribution in [0.15, 0.2) is 0 Å². The third kappa shape index (κ3) is 1.65. The summed E-state index contributed by atoms with van der Waals surface area (Å²) in [7, 11) is -5.84. The Morgan fingerprint density at radius 2 is 1.50 bits per heavy atom. The SMILES string of the molecule is N=S(=O)(F)C(F)(F)F. The molecule has 8 heavy (non-hydrogen) atoms. The summed E-state index contributed by atoms with van der Waals surface area (Å²) < 4.78 is 57.5. The van der Waals surface area contributed by atoms with Crippen molar-refractivity contribution in [3.63, 3.8) is 0 Å². The molecule has 0 aromatic carbocycles. The van der Waals surface area contributed by atoms with E-state index < -0.39 is 15.6 Å². The highest BCUT2D eigenvalue weighted by atomic mass is 32.3. The Labute approximate surface area is 42.8 Å². The monoisotopic (exact) mass is 151 g/mol. The van der Waals surface area contributed by atoms with E-state index in [2.05, 4.69) is 0 Å². The molecule has 0 aromatic rings. The molecule has 0 aliphatic heterocycles. The maximum atomic E-state index is 11.0. The fourth-order valence-corrected chi connectivity index (χ4v) is 0. The Morgan fingerprint density at radius 1 is 1.38 bits per heavy atom. The lowest BCUT2D eigenvalue weighted by molar-refractivity contribution is -0.0445. The first-order chi connectivity index (χ1) is 3.25. The van der Waals surface area contributed by atoms with Crippen LogP contribution in [-0.4, -0.2) is 9.72 Å². The average Bonchev–Trinajstić information content (AvgIpc) is 1.25. The summed E-state index contributed by atoms with van der Waals surface area (Å²) in [4.78, 5) is 0. The van der Waals surface area contributed by atoms with Crippen LogP contribution in [0.1, 0.15) is 0 Å². The Balaban J connectivity index is 4.53. The van der Waals surface area contributed by atoms with Crippen LogP contribution in [0.25, 0.3) is 0 Å². The second-order valence-corrected chi connectivity index (χ2v) is 2.37. The number of nitrogens with one attached hydrogen (secondary N) is 1. The highest BCUT2D eigenvalue weighted by molar-refractivity contribution is 7.88. The molecule has 0 saturated carbocycles. The maximum absolute atomic E-state index is 11.0. The Morgan fingerprint density at radius 3 is 1.50 bits per heavy atom. The van der Waals surface area contributed by atoms with Gasteiger partial charge in [0.25, 0.3) is 10.1 Å². The molecule has 0 aliphatic rings. The lowest BCUT2D eigenvalue weighted by Crippen LogP contribution is -2.16. The van der Waals surface area contributed by atoms with Crippen molar-refractivity contribution < 1.29 is 21.3 Å². The summed E-state index contributed by atoms with van der Waals surface area (Å²) in [5.41, 5.74) is -5.53. The first-order valence-electron chi connectivity index (χ1n) is 1.30. The van der Waals surface area contributed by atoms with Gasteiger partial charge in [-0.25, -0.2) is 8.99 Å². The molecule has 1 unspecified atom stereocenters. The van der Waals surface area contributed by atoms with Gasteiger partial charge in [-0.2, -0.15) is 13.2 Å². The molecule has 0 radical (unpaired) electrons. The molecular formula is CHF4NOS. The number of halogens is 4. The van der Waals surface area contributed by atoms with Gasteiger partial charge in [-0.05, 0) is 0 Å². The number of hydrogen-bond donors (Lipinski definition) is 1. The summed E-state index contributed by atoms with van der Waals surface area (Å²) in [6.07, 6.45) is 0. The van der Waals surface area contributed by atoms with Crippen LogP contribution in [0.3, 0.4) is 0 Å². The largest absolute Gasteiger partial charge is 0.507 e. The van der Waals surface area contributed by atoms with Crippen LogP contribution in [-0.2, 0) is 10.1 Å². The highest BCUT2D eigenvalue weighted by Crippen LogP contribution is 2.24. The zero-order chi connectivity index (χ0) is 7.00. The average molecular weight is 151 g/mol. The smallest absolute Gasteiger partial charge is 0.219 e.